The van der Waals surface area contributed by atoms with Crippen molar-refractivity contribution >= 4 is 61.6 Å². The van der Waals surface area contributed by atoms with Crippen LogP contribution in [-0.4, -0.2) is 102 Å². The molecule has 0 aromatic carbocycles. The lowest BCUT2D eigenvalue weighted by atomic mass is 10.2. The van der Waals surface area contributed by atoms with E-state index in [1.165, 1.54) is 18.3 Å². The molecule has 0 saturated carbocycles. The third kappa shape index (κ3) is 14.5. The van der Waals surface area contributed by atoms with E-state index in [1.807, 2.05) is 0 Å². The van der Waals surface area contributed by atoms with Gasteiger partial charge >= 0.3 is 24.3 Å². The van der Waals surface area contributed by atoms with Crippen molar-refractivity contribution in [1.29, 1.82) is 0 Å². The maximum Gasteiger partial charge on any atom is 0.490 e. The second kappa shape index (κ2) is 16.7. The molecule has 4 N–H and O–H groups in total. The van der Waals surface area contributed by atoms with Crippen LogP contribution in [-0.2, 0) is 29.1 Å². The van der Waals surface area contributed by atoms with E-state index in [0.29, 0.717) is 42.6 Å². The van der Waals surface area contributed by atoms with Gasteiger partial charge in [0.1, 0.15) is 0 Å². The lowest BCUT2D eigenvalue weighted by Crippen LogP contribution is -2.37. The summed E-state index contributed by atoms with van der Waals surface area (Å²) in [5.74, 6) is -5.74. The molecule has 1 saturated heterocycles. The number of carboxylic acid groups (broad SMARTS) is 2. The van der Waals surface area contributed by atoms with Crippen LogP contribution in [0.2, 0.25) is 5.15 Å². The number of carbonyl (C=O) groups is 3. The van der Waals surface area contributed by atoms with Crippen molar-refractivity contribution in [2.24, 2.45) is 0 Å². The maximum atomic E-state index is 12.5. The minimum Gasteiger partial charge on any atom is -0.475 e. The number of sulfonamides is 1. The number of rotatable bonds is 8. The number of nitrogens with zero attached hydrogens (tertiary/aromatic N) is 3. The molecule has 44 heavy (non-hydrogen) atoms. The molecular formula is C22H26ClF6N5O8S2. The van der Waals surface area contributed by atoms with E-state index >= 15 is 0 Å². The van der Waals surface area contributed by atoms with E-state index in [-0.39, 0.29) is 22.5 Å². The van der Waals surface area contributed by atoms with Crippen molar-refractivity contribution < 1.29 is 64.1 Å². The number of aryl methyl sites for hydroxylation is 1. The van der Waals surface area contributed by atoms with Crippen molar-refractivity contribution in [3.05, 3.63) is 23.1 Å². The molecule has 0 unspecified atom stereocenters. The Morgan fingerprint density at radius 3 is 2.09 bits per heavy atom. The SMILES string of the molecule is CC(=O)Nc1nc(C)c(-c2cnc(Cl)c(NS(=O)(=O)CCCN3CCOCC3)c2)s1.O=C(O)C(F)(F)F.O=C(O)C(F)(F)F. The normalized spacial score (nSPS) is 13.9. The van der Waals surface area contributed by atoms with Crippen molar-refractivity contribution in [1.82, 2.24) is 14.9 Å². The van der Waals surface area contributed by atoms with E-state index in [2.05, 4.69) is 24.9 Å². The number of nitrogens with one attached hydrogen (secondary N) is 2. The van der Waals surface area contributed by atoms with Gasteiger partial charge < -0.3 is 20.3 Å². The number of alkyl halides is 6. The number of hydrogen-bond acceptors (Lipinski definition) is 10. The standard InChI is InChI=1S/C18H24ClN5O4S2.2C2HF3O2/c1-12-16(29-18(21-12)22-13(2)25)14-10-15(17(19)20-11-14)23-30(26,27)9-3-4-24-5-7-28-8-6-24;2*3-2(4,5)1(6)7/h10-11,23H,3-9H2,1-2H3,(H,21,22,25);2*(H,6,7). The summed E-state index contributed by atoms with van der Waals surface area (Å²) < 4.78 is 96.4. The van der Waals surface area contributed by atoms with Crippen LogP contribution in [0.4, 0.5) is 37.2 Å². The summed E-state index contributed by atoms with van der Waals surface area (Å²) in [6.07, 6.45) is -8.11. The van der Waals surface area contributed by atoms with E-state index in [4.69, 9.17) is 36.1 Å². The van der Waals surface area contributed by atoms with Crippen molar-refractivity contribution in [3.63, 3.8) is 0 Å². The summed E-state index contributed by atoms with van der Waals surface area (Å²) in [7, 11) is -3.58. The molecule has 3 heterocycles. The van der Waals surface area contributed by atoms with E-state index in [0.717, 1.165) is 18.0 Å². The first-order valence-corrected chi connectivity index (χ1v) is 14.8. The number of amides is 1. The smallest absolute Gasteiger partial charge is 0.475 e. The van der Waals surface area contributed by atoms with Crippen LogP contribution in [0.15, 0.2) is 12.3 Å². The molecular weight excluding hydrogens is 676 g/mol. The number of pyridine rings is 1. The van der Waals surface area contributed by atoms with Gasteiger partial charge in [-0.1, -0.05) is 22.9 Å². The van der Waals surface area contributed by atoms with Crippen LogP contribution >= 0.6 is 22.9 Å². The molecule has 1 aliphatic rings. The molecule has 0 bridgehead atoms. The number of hydrogen-bond donors (Lipinski definition) is 4. The van der Waals surface area contributed by atoms with Gasteiger partial charge in [0.25, 0.3) is 0 Å². The number of carboxylic acids is 2. The van der Waals surface area contributed by atoms with E-state index < -0.39 is 34.3 Å². The minimum atomic E-state index is -5.08. The second-order valence-corrected chi connectivity index (χ2v) is 11.7. The third-order valence-corrected chi connectivity index (χ3v) is 7.70. The number of thiazole rings is 1. The summed E-state index contributed by atoms with van der Waals surface area (Å²) in [6.45, 7) is 6.91. The molecule has 1 aliphatic heterocycles. The molecule has 0 radical (unpaired) electrons. The Balaban J connectivity index is 0.000000574. The quantitative estimate of drug-likeness (QED) is 0.231. The van der Waals surface area contributed by atoms with Gasteiger partial charge in [0.2, 0.25) is 15.9 Å². The Morgan fingerprint density at radius 1 is 1.09 bits per heavy atom. The highest BCUT2D eigenvalue weighted by atomic mass is 35.5. The van der Waals surface area contributed by atoms with E-state index in [9.17, 15) is 39.6 Å². The zero-order chi connectivity index (χ0) is 33.9. The van der Waals surface area contributed by atoms with Crippen LogP contribution in [0.25, 0.3) is 10.4 Å². The number of carbonyl (C=O) groups excluding carboxylic acids is 1. The first kappa shape index (κ1) is 38.8. The van der Waals surface area contributed by atoms with Gasteiger partial charge in [-0.15, -0.1) is 0 Å². The maximum absolute atomic E-state index is 12.5. The fourth-order valence-corrected chi connectivity index (χ4v) is 5.34. The van der Waals surface area contributed by atoms with Crippen molar-refractivity contribution in [3.8, 4) is 10.4 Å². The Kier molecular flexibility index (Phi) is 14.7. The predicted molar refractivity (Wildman–Crippen MR) is 146 cm³/mol. The average molecular weight is 702 g/mol. The highest BCUT2D eigenvalue weighted by Crippen LogP contribution is 2.35. The molecule has 248 valence electrons. The molecule has 0 spiro atoms. The number of anilines is 2. The fraction of sp³-hybridized carbons (Fsp3) is 0.500. The molecule has 3 rings (SSSR count). The zero-order valence-electron chi connectivity index (χ0n) is 22.8. The topological polar surface area (TPSA) is 188 Å². The number of aliphatic carboxylic acids is 2. The number of halogens is 7. The summed E-state index contributed by atoms with van der Waals surface area (Å²) in [4.78, 5) is 40.4. The monoisotopic (exact) mass is 701 g/mol. The molecule has 13 nitrogen and oxygen atoms in total. The van der Waals surface area contributed by atoms with Gasteiger partial charge in [0.15, 0.2) is 10.3 Å². The Labute approximate surface area is 255 Å². The number of morpholine rings is 1. The van der Waals surface area contributed by atoms with Gasteiger partial charge in [-0.05, 0) is 26.0 Å². The number of ether oxygens (including phenoxy) is 1. The zero-order valence-corrected chi connectivity index (χ0v) is 25.1. The van der Waals surface area contributed by atoms with Gasteiger partial charge in [-0.2, -0.15) is 26.3 Å². The molecule has 1 fully saturated rings. The van der Waals surface area contributed by atoms with Gasteiger partial charge in [-0.25, -0.2) is 28.0 Å². The van der Waals surface area contributed by atoms with Crippen LogP contribution in [0, 0.1) is 6.92 Å². The van der Waals surface area contributed by atoms with Gasteiger partial charge in [0.05, 0.1) is 35.2 Å². The van der Waals surface area contributed by atoms with E-state index in [1.54, 1.807) is 19.2 Å². The Bertz CT molecular complexity index is 1380. The second-order valence-electron chi connectivity index (χ2n) is 8.51. The summed E-state index contributed by atoms with van der Waals surface area (Å²) in [5, 5.41) is 17.4. The Hall–Kier alpha value is -3.27. The highest BCUT2D eigenvalue weighted by molar-refractivity contribution is 7.92. The molecule has 0 atom stereocenters. The van der Waals surface area contributed by atoms with Crippen LogP contribution in [0.5, 0.6) is 0 Å². The predicted octanol–water partition coefficient (Wildman–Crippen LogP) is 3.86. The summed E-state index contributed by atoms with van der Waals surface area (Å²) in [6, 6.07) is 1.63. The lowest BCUT2D eigenvalue weighted by Gasteiger charge is -2.26. The first-order valence-electron chi connectivity index (χ1n) is 11.9. The number of aromatic nitrogens is 2. The van der Waals surface area contributed by atoms with Crippen LogP contribution < -0.4 is 10.0 Å². The average Bonchev–Trinajstić information content (AvgIpc) is 3.24. The lowest BCUT2D eigenvalue weighted by molar-refractivity contribution is -0.193. The summed E-state index contributed by atoms with van der Waals surface area (Å²) >= 11 is 7.41. The molecule has 2 aromatic rings. The van der Waals surface area contributed by atoms with Crippen LogP contribution in [0.1, 0.15) is 19.0 Å². The fourth-order valence-electron chi connectivity index (χ4n) is 3.03. The molecule has 22 heteroatoms. The van der Waals surface area contributed by atoms with Gasteiger partial charge in [-0.3, -0.25) is 14.4 Å². The first-order chi connectivity index (χ1) is 20.1. The highest BCUT2D eigenvalue weighted by Gasteiger charge is 2.38. The van der Waals surface area contributed by atoms with Gasteiger partial charge in [0, 0.05) is 31.8 Å². The molecule has 0 aliphatic carbocycles. The van der Waals surface area contributed by atoms with Crippen molar-refractivity contribution in [2.75, 3.05) is 48.6 Å². The molecule has 1 amide bonds. The molecule has 2 aromatic heterocycles. The minimum absolute atomic E-state index is 0.0167. The Morgan fingerprint density at radius 2 is 1.61 bits per heavy atom. The summed E-state index contributed by atoms with van der Waals surface area (Å²) in [5.41, 5.74) is 1.58. The van der Waals surface area contributed by atoms with Crippen LogP contribution in [0.3, 0.4) is 0 Å². The largest absolute Gasteiger partial charge is 0.490 e. The third-order valence-electron chi connectivity index (χ3n) is 4.92. The van der Waals surface area contributed by atoms with Crippen molar-refractivity contribution in [2.45, 2.75) is 32.6 Å².